The molecule has 0 saturated carbocycles. The number of amides is 1. The van der Waals surface area contributed by atoms with Gasteiger partial charge in [-0.1, -0.05) is 39.3 Å². The molecule has 0 saturated heterocycles. The summed E-state index contributed by atoms with van der Waals surface area (Å²) in [6, 6.07) is -0.0956. The lowest BCUT2D eigenvalue weighted by Crippen LogP contribution is -2.43. The van der Waals surface area contributed by atoms with Gasteiger partial charge in [-0.3, -0.25) is 4.79 Å². The van der Waals surface area contributed by atoms with Crippen LogP contribution in [0.1, 0.15) is 40.0 Å². The first-order valence-corrected chi connectivity index (χ1v) is 6.28. The lowest BCUT2D eigenvalue weighted by molar-refractivity contribution is -0.128. The molecule has 2 atom stereocenters. The van der Waals surface area contributed by atoms with Crippen molar-refractivity contribution in [2.24, 2.45) is 5.92 Å². The number of hydrogen-bond acceptors (Lipinski definition) is 3. The van der Waals surface area contributed by atoms with Crippen molar-refractivity contribution in [1.29, 1.82) is 0 Å². The number of rotatable bonds is 8. The zero-order valence-corrected chi connectivity index (χ0v) is 11.0. The smallest absolute Gasteiger partial charge is 0.253 e. The molecule has 0 aromatic heterocycles. The van der Waals surface area contributed by atoms with Crippen molar-refractivity contribution in [3.63, 3.8) is 0 Å². The second kappa shape index (κ2) is 9.19. The van der Waals surface area contributed by atoms with Crippen LogP contribution in [-0.2, 0) is 4.79 Å². The first-order valence-electron chi connectivity index (χ1n) is 6.28. The van der Waals surface area contributed by atoms with E-state index in [0.717, 1.165) is 12.8 Å². The van der Waals surface area contributed by atoms with E-state index < -0.39 is 12.0 Å². The lowest BCUT2D eigenvalue weighted by atomic mass is 10.0. The van der Waals surface area contributed by atoms with Gasteiger partial charge in [0, 0.05) is 12.6 Å². The fourth-order valence-electron chi connectivity index (χ4n) is 1.46. The average Bonchev–Trinajstić information content (AvgIpc) is 2.28. The van der Waals surface area contributed by atoms with Gasteiger partial charge >= 0.3 is 0 Å². The minimum atomic E-state index is -1.10. The molecule has 0 rings (SSSR count). The molecule has 0 spiro atoms. The number of allylic oxidation sites excluding steroid dienone is 1. The molecule has 0 bridgehead atoms. The lowest BCUT2D eigenvalue weighted by Gasteiger charge is -2.22. The SMILES string of the molecule is CCC/C=C/C(O)C(=O)NC(CCO)C(C)C. The summed E-state index contributed by atoms with van der Waals surface area (Å²) in [5, 5.41) is 21.2. The highest BCUT2D eigenvalue weighted by atomic mass is 16.3. The van der Waals surface area contributed by atoms with E-state index in [1.165, 1.54) is 6.08 Å². The molecule has 0 aromatic carbocycles. The summed E-state index contributed by atoms with van der Waals surface area (Å²) in [6.45, 7) is 6.01. The van der Waals surface area contributed by atoms with Crippen molar-refractivity contribution in [3.8, 4) is 0 Å². The standard InChI is InChI=1S/C13H25NO3/c1-4-5-6-7-12(16)13(17)14-11(8-9-15)10(2)3/h6-7,10-12,15-16H,4-5,8-9H2,1-3H3,(H,14,17)/b7-6+. The normalized spacial score (nSPS) is 15.2. The maximum Gasteiger partial charge on any atom is 0.253 e. The fourth-order valence-corrected chi connectivity index (χ4v) is 1.46. The van der Waals surface area contributed by atoms with E-state index in [1.807, 2.05) is 20.8 Å². The summed E-state index contributed by atoms with van der Waals surface area (Å²) in [5.41, 5.74) is 0. The first-order chi connectivity index (χ1) is 8.02. The minimum Gasteiger partial charge on any atom is -0.396 e. The molecule has 0 aliphatic rings. The molecule has 100 valence electrons. The number of hydrogen-bond donors (Lipinski definition) is 3. The summed E-state index contributed by atoms with van der Waals surface area (Å²) < 4.78 is 0. The van der Waals surface area contributed by atoms with Crippen LogP contribution in [0.15, 0.2) is 12.2 Å². The van der Waals surface area contributed by atoms with Crippen LogP contribution in [0.5, 0.6) is 0 Å². The summed E-state index contributed by atoms with van der Waals surface area (Å²) in [4.78, 5) is 11.6. The molecule has 0 aliphatic heterocycles. The molecule has 0 heterocycles. The molecule has 0 fully saturated rings. The van der Waals surface area contributed by atoms with Crippen molar-refractivity contribution < 1.29 is 15.0 Å². The van der Waals surface area contributed by atoms with Gasteiger partial charge in [0.15, 0.2) is 6.10 Å². The Labute approximate surface area is 104 Å². The van der Waals surface area contributed by atoms with Crippen LogP contribution in [-0.4, -0.2) is 34.9 Å². The third kappa shape index (κ3) is 7.13. The quantitative estimate of drug-likeness (QED) is 0.562. The molecule has 3 N–H and O–H groups in total. The minimum absolute atomic E-state index is 0.0326. The topological polar surface area (TPSA) is 69.6 Å². The van der Waals surface area contributed by atoms with Crippen molar-refractivity contribution >= 4 is 5.91 Å². The highest BCUT2D eigenvalue weighted by molar-refractivity contribution is 5.82. The summed E-state index contributed by atoms with van der Waals surface area (Å²) >= 11 is 0. The molecule has 0 aliphatic carbocycles. The van der Waals surface area contributed by atoms with E-state index in [0.29, 0.717) is 6.42 Å². The average molecular weight is 243 g/mol. The van der Waals surface area contributed by atoms with Gasteiger partial charge in [0.05, 0.1) is 0 Å². The van der Waals surface area contributed by atoms with Gasteiger partial charge in [-0.25, -0.2) is 0 Å². The molecular formula is C13H25NO3. The Morgan fingerprint density at radius 2 is 2.06 bits per heavy atom. The molecule has 0 aromatic rings. The van der Waals surface area contributed by atoms with Crippen LogP contribution < -0.4 is 5.32 Å². The van der Waals surface area contributed by atoms with Gasteiger partial charge in [-0.2, -0.15) is 0 Å². The van der Waals surface area contributed by atoms with Gasteiger partial charge in [-0.15, -0.1) is 0 Å². The Bertz CT molecular complexity index is 239. The summed E-state index contributed by atoms with van der Waals surface area (Å²) in [6.07, 6.45) is 4.57. The van der Waals surface area contributed by atoms with Crippen molar-refractivity contribution in [2.45, 2.75) is 52.2 Å². The van der Waals surface area contributed by atoms with E-state index in [9.17, 15) is 9.90 Å². The number of carbonyl (C=O) groups excluding carboxylic acids is 1. The first kappa shape index (κ1) is 16.1. The van der Waals surface area contributed by atoms with Crippen molar-refractivity contribution in [2.75, 3.05) is 6.61 Å². The molecule has 17 heavy (non-hydrogen) atoms. The van der Waals surface area contributed by atoms with Crippen LogP contribution in [0.4, 0.5) is 0 Å². The highest BCUT2D eigenvalue weighted by Gasteiger charge is 2.19. The number of nitrogens with one attached hydrogen (secondary N) is 1. The molecule has 2 unspecified atom stereocenters. The summed E-state index contributed by atoms with van der Waals surface area (Å²) in [5.74, 6) is -0.164. The van der Waals surface area contributed by atoms with Gasteiger partial charge < -0.3 is 15.5 Å². The second-order valence-corrected chi connectivity index (χ2v) is 4.53. The van der Waals surface area contributed by atoms with E-state index in [-0.39, 0.29) is 18.6 Å². The van der Waals surface area contributed by atoms with Crippen molar-refractivity contribution in [1.82, 2.24) is 5.32 Å². The maximum absolute atomic E-state index is 11.6. The monoisotopic (exact) mass is 243 g/mol. The zero-order valence-electron chi connectivity index (χ0n) is 11.0. The van der Waals surface area contributed by atoms with Crippen LogP contribution in [0.2, 0.25) is 0 Å². The van der Waals surface area contributed by atoms with Gasteiger partial charge in [0.1, 0.15) is 0 Å². The van der Waals surface area contributed by atoms with Crippen LogP contribution >= 0.6 is 0 Å². The van der Waals surface area contributed by atoms with E-state index in [2.05, 4.69) is 5.32 Å². The maximum atomic E-state index is 11.6. The molecule has 0 radical (unpaired) electrons. The van der Waals surface area contributed by atoms with Crippen LogP contribution in [0.3, 0.4) is 0 Å². The van der Waals surface area contributed by atoms with Gasteiger partial charge in [0.25, 0.3) is 5.91 Å². The van der Waals surface area contributed by atoms with Gasteiger partial charge in [0.2, 0.25) is 0 Å². The van der Waals surface area contributed by atoms with Crippen molar-refractivity contribution in [3.05, 3.63) is 12.2 Å². The van der Waals surface area contributed by atoms with E-state index in [4.69, 9.17) is 5.11 Å². The highest BCUT2D eigenvalue weighted by Crippen LogP contribution is 2.06. The Morgan fingerprint density at radius 3 is 2.53 bits per heavy atom. The van der Waals surface area contributed by atoms with E-state index in [1.54, 1.807) is 6.08 Å². The number of carbonyl (C=O) groups is 1. The largest absolute Gasteiger partial charge is 0.396 e. The molecule has 4 heteroatoms. The molecular weight excluding hydrogens is 218 g/mol. The number of aliphatic hydroxyl groups is 2. The number of unbranched alkanes of at least 4 members (excludes halogenated alkanes) is 1. The fraction of sp³-hybridized carbons (Fsp3) is 0.769. The Balaban J connectivity index is 4.20. The number of aliphatic hydroxyl groups excluding tert-OH is 2. The van der Waals surface area contributed by atoms with Crippen LogP contribution in [0.25, 0.3) is 0 Å². The predicted molar refractivity (Wildman–Crippen MR) is 68.5 cm³/mol. The zero-order chi connectivity index (χ0) is 13.3. The second-order valence-electron chi connectivity index (χ2n) is 4.53. The van der Waals surface area contributed by atoms with E-state index >= 15 is 0 Å². The Hall–Kier alpha value is -0.870. The predicted octanol–water partition coefficient (Wildman–Crippen LogP) is 1.23. The third-order valence-electron chi connectivity index (χ3n) is 2.61. The Morgan fingerprint density at radius 1 is 1.41 bits per heavy atom. The molecule has 1 amide bonds. The third-order valence-corrected chi connectivity index (χ3v) is 2.61. The van der Waals surface area contributed by atoms with Gasteiger partial charge in [-0.05, 0) is 18.8 Å². The van der Waals surface area contributed by atoms with Crippen LogP contribution in [0, 0.1) is 5.92 Å². The Kier molecular flexibility index (Phi) is 8.72. The summed E-state index contributed by atoms with van der Waals surface area (Å²) in [7, 11) is 0. The molecule has 4 nitrogen and oxygen atoms in total.